The van der Waals surface area contributed by atoms with Crippen LogP contribution in [-0.2, 0) is 10.0 Å². The van der Waals surface area contributed by atoms with Crippen molar-refractivity contribution in [1.29, 1.82) is 0 Å². The summed E-state index contributed by atoms with van der Waals surface area (Å²) in [7, 11) is -2.24. The maximum Gasteiger partial charge on any atom is 0.272 e. The van der Waals surface area contributed by atoms with Gasteiger partial charge in [-0.3, -0.25) is 4.79 Å². The van der Waals surface area contributed by atoms with Gasteiger partial charge in [-0.25, -0.2) is 13.1 Å². The molecule has 7 nitrogen and oxygen atoms in total. The summed E-state index contributed by atoms with van der Waals surface area (Å²) in [4.78, 5) is 14.8. The molecule has 0 unspecified atom stereocenters. The Bertz CT molecular complexity index is 780. The van der Waals surface area contributed by atoms with Gasteiger partial charge >= 0.3 is 0 Å². The van der Waals surface area contributed by atoms with E-state index in [0.717, 1.165) is 0 Å². The van der Waals surface area contributed by atoms with Crippen molar-refractivity contribution in [3.05, 3.63) is 41.7 Å². The zero-order valence-electron chi connectivity index (χ0n) is 11.6. The van der Waals surface area contributed by atoms with Crippen LogP contribution in [0.3, 0.4) is 0 Å². The molecule has 112 valence electrons. The van der Waals surface area contributed by atoms with Gasteiger partial charge in [0.25, 0.3) is 5.91 Å². The zero-order valence-corrected chi connectivity index (χ0v) is 12.4. The molecule has 0 saturated carbocycles. The molecule has 0 atom stereocenters. The van der Waals surface area contributed by atoms with E-state index in [1.807, 2.05) is 0 Å². The van der Waals surface area contributed by atoms with Crippen LogP contribution in [0.1, 0.15) is 16.1 Å². The minimum Gasteiger partial charge on any atom is -0.397 e. The summed E-state index contributed by atoms with van der Waals surface area (Å²) in [5, 5.41) is 2.62. The lowest BCUT2D eigenvalue weighted by atomic mass is 10.2. The first kappa shape index (κ1) is 15.1. The molecular formula is C13H16N4O3S. The molecule has 0 radical (unpaired) electrons. The van der Waals surface area contributed by atoms with Crippen LogP contribution in [0, 0.1) is 6.92 Å². The summed E-state index contributed by atoms with van der Waals surface area (Å²) in [5.41, 5.74) is 7.25. The number of benzene rings is 1. The third kappa shape index (κ3) is 3.23. The maximum atomic E-state index is 12.0. The third-order valence-corrected chi connectivity index (χ3v) is 4.51. The topological polar surface area (TPSA) is 117 Å². The van der Waals surface area contributed by atoms with Crippen LogP contribution >= 0.6 is 0 Å². The van der Waals surface area contributed by atoms with Gasteiger partial charge in [-0.05, 0) is 37.7 Å². The number of H-pyrrole nitrogens is 1. The molecule has 0 spiro atoms. The number of carbonyl (C=O) groups is 1. The number of nitrogen functional groups attached to an aromatic ring is 1. The Balaban J connectivity index is 2.30. The van der Waals surface area contributed by atoms with Crippen LogP contribution in [0.5, 0.6) is 0 Å². The molecule has 0 saturated heterocycles. The van der Waals surface area contributed by atoms with Gasteiger partial charge in [0.2, 0.25) is 10.0 Å². The lowest BCUT2D eigenvalue weighted by Gasteiger charge is -2.10. The number of sulfonamides is 1. The van der Waals surface area contributed by atoms with Gasteiger partial charge in [-0.2, -0.15) is 0 Å². The lowest BCUT2D eigenvalue weighted by Crippen LogP contribution is -2.20. The van der Waals surface area contributed by atoms with Crippen molar-refractivity contribution in [2.45, 2.75) is 11.8 Å². The van der Waals surface area contributed by atoms with Crippen molar-refractivity contribution in [2.75, 3.05) is 18.1 Å². The van der Waals surface area contributed by atoms with E-state index in [2.05, 4.69) is 15.0 Å². The predicted octanol–water partition coefficient (Wildman–Crippen LogP) is 1.07. The first-order valence-corrected chi connectivity index (χ1v) is 7.61. The Hall–Kier alpha value is -2.32. The summed E-state index contributed by atoms with van der Waals surface area (Å²) in [6, 6.07) is 6.16. The molecule has 1 amide bonds. The lowest BCUT2D eigenvalue weighted by molar-refractivity contribution is 0.102. The Labute approximate surface area is 122 Å². The molecule has 1 aromatic heterocycles. The van der Waals surface area contributed by atoms with Gasteiger partial charge < -0.3 is 16.0 Å². The Kier molecular flexibility index (Phi) is 4.01. The van der Waals surface area contributed by atoms with Crippen LogP contribution in [0.25, 0.3) is 0 Å². The number of nitrogens with one attached hydrogen (secondary N) is 3. The second-order valence-electron chi connectivity index (χ2n) is 4.49. The molecule has 1 aromatic carbocycles. The SMILES string of the molecule is CNS(=O)(=O)c1cc(NC(=O)c2cc(N)c[nH]2)ccc1C. The second-order valence-corrected chi connectivity index (χ2v) is 6.34. The average Bonchev–Trinajstić information content (AvgIpc) is 2.87. The third-order valence-electron chi connectivity index (χ3n) is 2.95. The van der Waals surface area contributed by atoms with Crippen molar-refractivity contribution < 1.29 is 13.2 Å². The molecule has 5 N–H and O–H groups in total. The number of hydrogen-bond acceptors (Lipinski definition) is 4. The number of aryl methyl sites for hydroxylation is 1. The highest BCUT2D eigenvalue weighted by atomic mass is 32.2. The number of hydrogen-bond donors (Lipinski definition) is 4. The van der Waals surface area contributed by atoms with Crippen LogP contribution in [-0.4, -0.2) is 26.4 Å². The largest absolute Gasteiger partial charge is 0.397 e. The number of carbonyl (C=O) groups excluding carboxylic acids is 1. The molecule has 2 aromatic rings. The number of nitrogens with two attached hydrogens (primary N) is 1. The summed E-state index contributed by atoms with van der Waals surface area (Å²) in [5.74, 6) is -0.400. The normalized spacial score (nSPS) is 11.3. The fourth-order valence-electron chi connectivity index (χ4n) is 1.82. The maximum absolute atomic E-state index is 12.0. The first-order chi connectivity index (χ1) is 9.83. The van der Waals surface area contributed by atoms with Gasteiger partial charge in [-0.15, -0.1) is 0 Å². The number of aromatic amines is 1. The van der Waals surface area contributed by atoms with Crippen LogP contribution in [0.15, 0.2) is 35.4 Å². The van der Waals surface area contributed by atoms with E-state index in [-0.39, 0.29) is 4.90 Å². The van der Waals surface area contributed by atoms with Gasteiger partial charge in [0.15, 0.2) is 0 Å². The van der Waals surface area contributed by atoms with Crippen LogP contribution in [0.4, 0.5) is 11.4 Å². The van der Waals surface area contributed by atoms with E-state index in [1.165, 1.54) is 25.4 Å². The number of amides is 1. The summed E-state index contributed by atoms with van der Waals surface area (Å²) in [6.07, 6.45) is 1.50. The van der Waals surface area contributed by atoms with Gasteiger partial charge in [0.1, 0.15) is 5.69 Å². The Morgan fingerprint density at radius 3 is 2.57 bits per heavy atom. The van der Waals surface area contributed by atoms with Gasteiger partial charge in [0, 0.05) is 17.6 Å². The van der Waals surface area contributed by atoms with Gasteiger partial charge in [0.05, 0.1) is 4.90 Å². The molecule has 0 aliphatic carbocycles. The molecule has 0 aliphatic heterocycles. The van der Waals surface area contributed by atoms with Crippen LogP contribution in [0.2, 0.25) is 0 Å². The molecule has 0 bridgehead atoms. The van der Waals surface area contributed by atoms with Crippen LogP contribution < -0.4 is 15.8 Å². The van der Waals surface area contributed by atoms with E-state index in [0.29, 0.717) is 22.6 Å². The second kappa shape index (κ2) is 5.58. The fraction of sp³-hybridized carbons (Fsp3) is 0.154. The first-order valence-electron chi connectivity index (χ1n) is 6.13. The minimum absolute atomic E-state index is 0.119. The van der Waals surface area contributed by atoms with Crippen molar-refractivity contribution in [3.63, 3.8) is 0 Å². The predicted molar refractivity (Wildman–Crippen MR) is 80.6 cm³/mol. The Morgan fingerprint density at radius 2 is 2.00 bits per heavy atom. The zero-order chi connectivity index (χ0) is 15.6. The minimum atomic E-state index is -3.58. The number of aromatic nitrogens is 1. The van der Waals surface area contributed by atoms with Gasteiger partial charge in [-0.1, -0.05) is 6.07 Å². The molecule has 0 fully saturated rings. The summed E-state index contributed by atoms with van der Waals surface area (Å²) < 4.78 is 26.0. The number of rotatable bonds is 4. The van der Waals surface area contributed by atoms with Crippen molar-refractivity contribution in [2.24, 2.45) is 0 Å². The molecule has 21 heavy (non-hydrogen) atoms. The summed E-state index contributed by atoms with van der Waals surface area (Å²) >= 11 is 0. The van der Waals surface area contributed by atoms with E-state index in [4.69, 9.17) is 5.73 Å². The standard InChI is InChI=1S/C13H16N4O3S/c1-8-3-4-10(6-12(8)21(19,20)15-2)17-13(18)11-5-9(14)7-16-11/h3-7,15-16H,14H2,1-2H3,(H,17,18). The van der Waals surface area contributed by atoms with E-state index in [1.54, 1.807) is 19.1 Å². The van der Waals surface area contributed by atoms with E-state index in [9.17, 15) is 13.2 Å². The smallest absolute Gasteiger partial charge is 0.272 e. The average molecular weight is 308 g/mol. The highest BCUT2D eigenvalue weighted by Gasteiger charge is 2.16. The number of anilines is 2. The highest BCUT2D eigenvalue weighted by Crippen LogP contribution is 2.20. The molecule has 0 aliphatic rings. The monoisotopic (exact) mass is 308 g/mol. The van der Waals surface area contributed by atoms with E-state index < -0.39 is 15.9 Å². The van der Waals surface area contributed by atoms with Crippen molar-refractivity contribution in [3.8, 4) is 0 Å². The highest BCUT2D eigenvalue weighted by molar-refractivity contribution is 7.89. The molecular weight excluding hydrogens is 292 g/mol. The molecule has 8 heteroatoms. The van der Waals surface area contributed by atoms with E-state index >= 15 is 0 Å². The Morgan fingerprint density at radius 1 is 1.29 bits per heavy atom. The van der Waals surface area contributed by atoms with Crippen molar-refractivity contribution in [1.82, 2.24) is 9.71 Å². The quantitative estimate of drug-likeness (QED) is 0.675. The molecule has 2 rings (SSSR count). The summed E-state index contributed by atoms with van der Waals surface area (Å²) in [6.45, 7) is 1.68. The fourth-order valence-corrected chi connectivity index (χ4v) is 2.81. The molecule has 1 heterocycles. The van der Waals surface area contributed by atoms with Crippen molar-refractivity contribution >= 4 is 27.3 Å².